The van der Waals surface area contributed by atoms with Crippen molar-refractivity contribution in [2.45, 2.75) is 254 Å². The van der Waals surface area contributed by atoms with E-state index in [0.717, 1.165) is 6.92 Å². The van der Waals surface area contributed by atoms with E-state index in [0.29, 0.717) is 0 Å². The largest absolute Gasteiger partial charge is 0.481 e. The van der Waals surface area contributed by atoms with Crippen molar-refractivity contribution < 1.29 is 186 Å². The van der Waals surface area contributed by atoms with Crippen molar-refractivity contribution in [1.29, 1.82) is 0 Å². The fraction of sp³-hybridized carbons (Fsp3) is 0.658. The molecule has 23 amide bonds. The smallest absolute Gasteiger partial charge is 0.326 e. The zero-order valence-electron chi connectivity index (χ0n) is 78.2. The molecule has 0 unspecified atom stereocenters. The van der Waals surface area contributed by atoms with Crippen LogP contribution >= 0.6 is 0 Å². The summed E-state index contributed by atoms with van der Waals surface area (Å²) in [6, 6.07) is -34.5. The van der Waals surface area contributed by atoms with E-state index in [1.807, 2.05) is 42.5 Å². The summed E-state index contributed by atoms with van der Waals surface area (Å²) in [6.07, 6.45) is -10.7. The number of amides is 23. The number of rotatable bonds is 69. The van der Waals surface area contributed by atoms with Crippen LogP contribution in [-0.2, 0) is 129 Å². The van der Waals surface area contributed by atoms with Gasteiger partial charge in [0.25, 0.3) is 0 Å². The van der Waals surface area contributed by atoms with E-state index in [1.54, 1.807) is 6.92 Å². The number of carboxylic acids is 4. The Labute approximate surface area is 802 Å². The Bertz CT molecular complexity index is 4450. The molecule has 0 aromatic rings. The Balaban J connectivity index is 6.56. The molecule has 62 nitrogen and oxygen atoms in total. The molecule has 0 aromatic carbocycles. The van der Waals surface area contributed by atoms with Gasteiger partial charge in [-0.3, -0.25) is 125 Å². The van der Waals surface area contributed by atoms with Crippen molar-refractivity contribution >= 4 is 160 Å². The molecular formula is C79H130N24O38. The molecule has 0 spiro atoms. The van der Waals surface area contributed by atoms with E-state index >= 15 is 0 Å². The molecule has 40 N–H and O–H groups in total. The van der Waals surface area contributed by atoms with Gasteiger partial charge in [-0.1, -0.05) is 68.2 Å². The average Bonchev–Trinajstić information content (AvgIpc) is 0.837. The molecule has 141 heavy (non-hydrogen) atoms. The molecule has 0 aliphatic carbocycles. The molecule has 0 bridgehead atoms. The van der Waals surface area contributed by atoms with Gasteiger partial charge in [-0.25, -0.2) is 4.79 Å². The summed E-state index contributed by atoms with van der Waals surface area (Å²) in [5, 5.41) is 148. The fourth-order valence-electron chi connectivity index (χ4n) is 12.2. The van der Waals surface area contributed by atoms with E-state index < -0.39 is 415 Å². The van der Waals surface area contributed by atoms with Gasteiger partial charge in [0.1, 0.15) is 109 Å². The van der Waals surface area contributed by atoms with Gasteiger partial charge in [-0.05, 0) is 49.9 Å². The van der Waals surface area contributed by atoms with Crippen LogP contribution in [0.15, 0.2) is 0 Å². The second-order valence-electron chi connectivity index (χ2n) is 32.7. The molecule has 0 aliphatic heterocycles. The second-order valence-corrected chi connectivity index (χ2v) is 32.7. The molecule has 21 atom stereocenters. The standard InChI is InChI=1S/C79H130N24O38/c1-10-32(7)59(101-68(129)42(21-51(84)114)92-71(132)45(27-107)96-62(123)35(80)24-104)76(137)93-39(18-48(81)111)65(126)89-36(12-15-54(117)118)63(124)99-57(30(3)4)74(135)86-23-53(116)88-44(26-106)70(131)98-47(29-109)73(134)103-61(34(9)110)78(139)95-40(19-49(82)112)66(127)90-37(13-16-55(119)120)64(125)100-58(31(5)6)75(136)85-22-52(115)87-43(25-105)69(130)97-46(28-108)72(133)102-60(33(8)11-2)77(138)94-41(20-50(83)113)67(128)91-38(79(140)141)14-17-56(121)122/h30-47,57-61,104-110H,10-29,80H2,1-9H3,(H2,81,111)(H2,82,112)(H2,83,113)(H2,84,114)(H,85,136)(H,86,135)(H,87,115)(H,88,116)(H,89,126)(H,90,127)(H,91,128)(H,92,132)(H,93,137)(H,94,138)(H,95,139)(H,96,123)(H,97,130)(H,98,131)(H,99,124)(H,100,125)(H,101,129)(H,102,133)(H,103,134)(H,117,118)(H,119,120)(H,121,122)(H,140,141)/t32-,33-,34+,35-,36-,37-,38-,39-,40-,41-,42-,43-,44-,45-,46-,47-,57-,58-,59-,60-,61-/m0/s1. The Hall–Kier alpha value is -14.6. The molecule has 0 heterocycles. The maximum atomic E-state index is 14.0. The van der Waals surface area contributed by atoms with E-state index in [4.69, 9.17) is 33.8 Å². The molecule has 0 radical (unpaired) electrons. The Morgan fingerprint density at radius 3 is 0.716 bits per heavy atom. The molecule has 0 saturated heterocycles. The lowest BCUT2D eigenvalue weighted by Crippen LogP contribution is -2.62. The molecule has 62 heteroatoms. The zero-order chi connectivity index (χ0) is 108. The lowest BCUT2D eigenvalue weighted by molar-refractivity contribution is -0.144. The van der Waals surface area contributed by atoms with Gasteiger partial charge in [0.05, 0.1) is 84.5 Å². The number of hydrogen-bond donors (Lipinski definition) is 35. The molecule has 0 rings (SSSR count). The normalized spacial score (nSPS) is 15.5. The number of carbonyl (C=O) groups is 27. The van der Waals surface area contributed by atoms with Crippen molar-refractivity contribution in [3.8, 4) is 0 Å². The summed E-state index contributed by atoms with van der Waals surface area (Å²) in [5.41, 5.74) is 26.8. The fourth-order valence-corrected chi connectivity index (χ4v) is 12.2. The van der Waals surface area contributed by atoms with Gasteiger partial charge in [-0.15, -0.1) is 0 Å². The maximum absolute atomic E-state index is 14.0. The van der Waals surface area contributed by atoms with Crippen molar-refractivity contribution in [3.05, 3.63) is 0 Å². The minimum atomic E-state index is -2.24. The highest BCUT2D eigenvalue weighted by Gasteiger charge is 2.42. The minimum absolute atomic E-state index is 0.0671. The number of nitrogens with two attached hydrogens (primary N) is 5. The van der Waals surface area contributed by atoms with Crippen LogP contribution in [-0.4, -0.2) is 384 Å². The van der Waals surface area contributed by atoms with Crippen LogP contribution in [0.25, 0.3) is 0 Å². The first kappa shape index (κ1) is 126. The van der Waals surface area contributed by atoms with E-state index in [9.17, 15) is 181 Å². The van der Waals surface area contributed by atoms with Gasteiger partial charge >= 0.3 is 23.9 Å². The minimum Gasteiger partial charge on any atom is -0.481 e. The highest BCUT2D eigenvalue weighted by atomic mass is 16.4. The summed E-state index contributed by atoms with van der Waals surface area (Å²) in [5.74, 6) is -40.0. The maximum Gasteiger partial charge on any atom is 0.326 e. The van der Waals surface area contributed by atoms with Crippen molar-refractivity contribution in [1.82, 2.24) is 101 Å². The molecule has 0 aromatic heterocycles. The quantitative estimate of drug-likeness (QED) is 0.0269. The molecular weight excluding hydrogens is 1890 g/mol. The number of hydrogen-bond acceptors (Lipinski definition) is 35. The summed E-state index contributed by atoms with van der Waals surface area (Å²) in [7, 11) is 0. The third-order valence-electron chi connectivity index (χ3n) is 20.6. The molecule has 0 aliphatic rings. The van der Waals surface area contributed by atoms with Crippen LogP contribution in [0.2, 0.25) is 0 Å². The number of aliphatic hydroxyl groups excluding tert-OH is 7. The van der Waals surface area contributed by atoms with Gasteiger partial charge in [0.2, 0.25) is 136 Å². The van der Waals surface area contributed by atoms with Crippen molar-refractivity contribution in [3.63, 3.8) is 0 Å². The van der Waals surface area contributed by atoms with Crippen LogP contribution in [0, 0.1) is 23.7 Å². The Kier molecular flexibility index (Phi) is 57.2. The molecule has 794 valence electrons. The predicted molar refractivity (Wildman–Crippen MR) is 473 cm³/mol. The molecule has 0 fully saturated rings. The number of nitrogens with one attached hydrogen (secondary N) is 19. The predicted octanol–water partition coefficient (Wildman–Crippen LogP) is -19.3. The van der Waals surface area contributed by atoms with E-state index in [-0.39, 0.29) is 12.8 Å². The summed E-state index contributed by atoms with van der Waals surface area (Å²) >= 11 is 0. The van der Waals surface area contributed by atoms with Gasteiger partial charge < -0.3 is 186 Å². The number of primary amides is 4. The number of carboxylic acid groups (broad SMARTS) is 4. The average molecular weight is 2020 g/mol. The van der Waals surface area contributed by atoms with Crippen molar-refractivity contribution in [2.24, 2.45) is 52.3 Å². The third kappa shape index (κ3) is 46.6. The van der Waals surface area contributed by atoms with Crippen molar-refractivity contribution in [2.75, 3.05) is 52.7 Å². The van der Waals surface area contributed by atoms with Gasteiger partial charge in [0.15, 0.2) is 0 Å². The summed E-state index contributed by atoms with van der Waals surface area (Å²) in [6.45, 7) is 2.86. The summed E-state index contributed by atoms with van der Waals surface area (Å²) < 4.78 is 0. The Morgan fingerprint density at radius 2 is 0.461 bits per heavy atom. The second kappa shape index (κ2) is 63.8. The van der Waals surface area contributed by atoms with Gasteiger partial charge in [-0.2, -0.15) is 0 Å². The first-order valence-electron chi connectivity index (χ1n) is 43.5. The van der Waals surface area contributed by atoms with E-state index in [2.05, 4.69) is 58.5 Å². The molecule has 0 saturated carbocycles. The van der Waals surface area contributed by atoms with Crippen LogP contribution in [0.4, 0.5) is 0 Å². The monoisotopic (exact) mass is 2020 g/mol. The highest BCUT2D eigenvalue weighted by molar-refractivity contribution is 6.04. The van der Waals surface area contributed by atoms with Crippen LogP contribution < -0.4 is 130 Å². The van der Waals surface area contributed by atoms with E-state index in [1.165, 1.54) is 48.5 Å². The van der Waals surface area contributed by atoms with Crippen LogP contribution in [0.1, 0.15) is 139 Å². The number of aliphatic carboxylic acids is 4. The SMILES string of the molecule is CC[C@H](C)[C@H](NC(=O)[C@H](CO)NC(=O)[C@H](CO)NC(=O)CNC(=O)[C@@H](NC(=O)[C@H](CCC(=O)O)NC(=O)[C@H](CC(N)=O)NC(=O)[C@@H](NC(=O)[C@H](CO)NC(=O)[C@H](CO)NC(=O)CNC(=O)[C@@H](NC(=O)[C@H](CCC(=O)O)NC(=O)[C@H](CC(N)=O)NC(=O)[C@@H](NC(=O)[C@H](CC(N)=O)NC(=O)[C@H](CO)NC(=O)[C@@H](N)CO)[C@@H](C)CC)C(C)C)[C@@H](C)O)C(C)C)C(=O)N[C@@H](CC(N)=O)C(=O)N[C@@H](CCC(=O)O)C(=O)O. The topological polar surface area (TPSA) is 1040 Å². The zero-order valence-corrected chi connectivity index (χ0v) is 78.2. The lowest BCUT2D eigenvalue weighted by atomic mass is 9.96. The first-order valence-corrected chi connectivity index (χ1v) is 43.5. The number of carbonyl (C=O) groups excluding carboxylic acids is 23. The van der Waals surface area contributed by atoms with Gasteiger partial charge in [0, 0.05) is 19.3 Å². The third-order valence-corrected chi connectivity index (χ3v) is 20.6. The van der Waals surface area contributed by atoms with Crippen LogP contribution in [0.5, 0.6) is 0 Å². The lowest BCUT2D eigenvalue weighted by Gasteiger charge is -2.29. The number of aliphatic hydroxyl groups is 7. The summed E-state index contributed by atoms with van der Waals surface area (Å²) in [4.78, 5) is 353. The first-order chi connectivity index (χ1) is 65.7. The van der Waals surface area contributed by atoms with Crippen LogP contribution in [0.3, 0.4) is 0 Å². The highest BCUT2D eigenvalue weighted by Crippen LogP contribution is 2.16. The Morgan fingerprint density at radius 1 is 0.248 bits per heavy atom.